The van der Waals surface area contributed by atoms with Crippen LogP contribution in [0.2, 0.25) is 0 Å². The van der Waals surface area contributed by atoms with E-state index in [9.17, 15) is 14.7 Å². The molecule has 5 rings (SSSR count). The molecule has 2 aliphatic carbocycles. The van der Waals surface area contributed by atoms with Crippen LogP contribution in [0.3, 0.4) is 0 Å². The lowest BCUT2D eigenvalue weighted by Crippen LogP contribution is -2.50. The van der Waals surface area contributed by atoms with Crippen LogP contribution in [0.25, 0.3) is 5.65 Å². The minimum Gasteiger partial charge on any atom is -0.391 e. The van der Waals surface area contributed by atoms with Crippen LogP contribution in [0.1, 0.15) is 42.5 Å². The highest BCUT2D eigenvalue weighted by atomic mass is 16.5. The Balaban J connectivity index is 0.000000376. The van der Waals surface area contributed by atoms with E-state index in [-0.39, 0.29) is 23.1 Å². The number of aromatic amines is 1. The van der Waals surface area contributed by atoms with Gasteiger partial charge in [-0.1, -0.05) is 0 Å². The fourth-order valence-corrected chi connectivity index (χ4v) is 3.53. The zero-order valence-corrected chi connectivity index (χ0v) is 18.7. The highest BCUT2D eigenvalue weighted by molar-refractivity contribution is 6.00. The van der Waals surface area contributed by atoms with Gasteiger partial charge in [-0.25, -0.2) is 4.98 Å². The van der Waals surface area contributed by atoms with Gasteiger partial charge in [0, 0.05) is 26.4 Å². The zero-order chi connectivity index (χ0) is 23.4. The van der Waals surface area contributed by atoms with Crippen molar-refractivity contribution in [3.8, 4) is 0 Å². The molecule has 0 saturated heterocycles. The first-order valence-electron chi connectivity index (χ1n) is 11.0. The summed E-state index contributed by atoms with van der Waals surface area (Å²) in [5.41, 5.74) is 0.675. The number of aliphatic hydroxyl groups is 1. The molecule has 2 saturated carbocycles. The maximum absolute atomic E-state index is 12.6. The molecule has 0 bridgehead atoms. The van der Waals surface area contributed by atoms with E-state index < -0.39 is 6.10 Å². The Bertz CT molecular complexity index is 1170. The van der Waals surface area contributed by atoms with Crippen molar-refractivity contribution < 1.29 is 14.6 Å². The van der Waals surface area contributed by atoms with Crippen LogP contribution in [0.5, 0.6) is 0 Å². The molecule has 11 heteroatoms. The van der Waals surface area contributed by atoms with Crippen molar-refractivity contribution in [1.82, 2.24) is 24.9 Å². The second-order valence-corrected chi connectivity index (χ2v) is 8.12. The fourth-order valence-electron chi connectivity index (χ4n) is 3.53. The Labute approximate surface area is 190 Å². The lowest BCUT2D eigenvalue weighted by molar-refractivity contribution is 0.0412. The van der Waals surface area contributed by atoms with E-state index in [4.69, 9.17) is 4.74 Å². The minimum absolute atomic E-state index is 0.250. The van der Waals surface area contributed by atoms with Gasteiger partial charge in [0.1, 0.15) is 22.9 Å². The number of pyridine rings is 1. The molecule has 0 aromatic carbocycles. The van der Waals surface area contributed by atoms with Crippen molar-refractivity contribution in [1.29, 1.82) is 0 Å². The first kappa shape index (κ1) is 22.7. The summed E-state index contributed by atoms with van der Waals surface area (Å²) in [6, 6.07) is 4.76. The van der Waals surface area contributed by atoms with E-state index in [2.05, 4.69) is 31.0 Å². The number of amides is 1. The van der Waals surface area contributed by atoms with Crippen molar-refractivity contribution in [2.45, 2.75) is 50.4 Å². The Hall–Kier alpha value is -3.44. The highest BCUT2D eigenvalue weighted by Gasteiger charge is 2.31. The second kappa shape index (κ2) is 10.0. The Morgan fingerprint density at radius 3 is 2.67 bits per heavy atom. The summed E-state index contributed by atoms with van der Waals surface area (Å²) in [6.45, 7) is 0. The third-order valence-corrected chi connectivity index (χ3v) is 5.99. The van der Waals surface area contributed by atoms with E-state index in [1.807, 2.05) is 0 Å². The van der Waals surface area contributed by atoms with Gasteiger partial charge in [0.15, 0.2) is 5.65 Å². The first-order chi connectivity index (χ1) is 16.0. The molecule has 3 aromatic heterocycles. The first-order valence-corrected chi connectivity index (χ1v) is 11.0. The van der Waals surface area contributed by atoms with Crippen LogP contribution in [0.4, 0.5) is 17.3 Å². The Morgan fingerprint density at radius 1 is 1.30 bits per heavy atom. The van der Waals surface area contributed by atoms with Gasteiger partial charge in [0.25, 0.3) is 11.5 Å². The Morgan fingerprint density at radius 2 is 2.12 bits per heavy atom. The van der Waals surface area contributed by atoms with Crippen molar-refractivity contribution in [3.05, 3.63) is 46.5 Å². The third-order valence-electron chi connectivity index (χ3n) is 5.99. The second-order valence-electron chi connectivity index (χ2n) is 8.12. The topological polar surface area (TPSA) is 146 Å². The normalized spacial score (nSPS) is 19.6. The van der Waals surface area contributed by atoms with Crippen LogP contribution < -0.4 is 21.5 Å². The third kappa shape index (κ3) is 4.99. The molecule has 0 aliphatic heterocycles. The van der Waals surface area contributed by atoms with Crippen molar-refractivity contribution >= 4 is 28.9 Å². The van der Waals surface area contributed by atoms with Gasteiger partial charge in [-0.15, -0.1) is 0 Å². The number of rotatable bonds is 6. The lowest BCUT2D eigenvalue weighted by atomic mass is 9.89. The monoisotopic (exact) mass is 455 g/mol. The summed E-state index contributed by atoms with van der Waals surface area (Å²) in [4.78, 5) is 31.5. The number of nitrogens with one attached hydrogen (secondary N) is 4. The molecule has 176 valence electrons. The average Bonchev–Trinajstić information content (AvgIpc) is 3.21. The van der Waals surface area contributed by atoms with Crippen molar-refractivity contribution in [2.75, 3.05) is 24.8 Å². The molecule has 1 amide bonds. The molecule has 2 aliphatic rings. The van der Waals surface area contributed by atoms with Crippen molar-refractivity contribution in [3.63, 3.8) is 0 Å². The maximum atomic E-state index is 12.6. The summed E-state index contributed by atoms with van der Waals surface area (Å²) in [5, 5.41) is 22.7. The fraction of sp³-hybridized carbons (Fsp3) is 0.455. The summed E-state index contributed by atoms with van der Waals surface area (Å²) in [7, 11) is 3.50. The van der Waals surface area contributed by atoms with E-state index in [0.29, 0.717) is 35.5 Å². The minimum atomic E-state index is -0.515. The number of aromatic nitrogens is 4. The predicted octanol–water partition coefficient (Wildman–Crippen LogP) is 1.64. The molecule has 3 aromatic rings. The number of fused-ring (bicyclic) bond motifs is 1. The molecular formula is C22H29N7O4. The number of ether oxygens (including phenoxy) is 1. The van der Waals surface area contributed by atoms with E-state index in [1.165, 1.54) is 36.2 Å². The van der Waals surface area contributed by atoms with Crippen LogP contribution in [0.15, 0.2) is 35.4 Å². The van der Waals surface area contributed by atoms with E-state index in [1.54, 1.807) is 32.4 Å². The van der Waals surface area contributed by atoms with Crippen LogP contribution in [-0.4, -0.2) is 63.0 Å². The van der Waals surface area contributed by atoms with E-state index in [0.717, 1.165) is 6.42 Å². The molecule has 2 atom stereocenters. The van der Waals surface area contributed by atoms with Gasteiger partial charge >= 0.3 is 0 Å². The molecule has 3 heterocycles. The van der Waals surface area contributed by atoms with Gasteiger partial charge in [-0.05, 0) is 44.2 Å². The van der Waals surface area contributed by atoms with Gasteiger partial charge in [-0.3, -0.25) is 9.59 Å². The molecule has 2 fully saturated rings. The molecule has 0 unspecified atom stereocenters. The van der Waals surface area contributed by atoms with Crippen LogP contribution in [0, 0.1) is 0 Å². The molecular weight excluding hydrogens is 426 g/mol. The van der Waals surface area contributed by atoms with Gasteiger partial charge in [0.2, 0.25) is 0 Å². The number of anilines is 3. The van der Waals surface area contributed by atoms with Crippen LogP contribution >= 0.6 is 0 Å². The zero-order valence-electron chi connectivity index (χ0n) is 18.7. The lowest BCUT2D eigenvalue weighted by Gasteiger charge is -2.32. The van der Waals surface area contributed by atoms with Gasteiger partial charge in [-0.2, -0.15) is 9.61 Å². The van der Waals surface area contributed by atoms with Crippen molar-refractivity contribution in [2.24, 2.45) is 0 Å². The number of aliphatic hydroxyl groups excluding tert-OH is 1. The molecule has 0 spiro atoms. The summed E-state index contributed by atoms with van der Waals surface area (Å²) < 4.78 is 6.49. The standard InChI is InChI=1S/C17H19N7O3.C5H10O/c1-18-14-7-13(21-11-3-2-6-19-17(11)27)23-15-9(8-20-24(14)15)16(26)22-10-4-5-12(10)25;1-6-5-3-2-4-5/h2-3,6-8,10,12,18,25H,4-5H2,1H3,(H,19,27)(H,21,23)(H,22,26);5H,2-4H2,1H3/t10-,12+;/m0./s1. The summed E-state index contributed by atoms with van der Waals surface area (Å²) >= 11 is 0. The number of carbonyl (C=O) groups excluding carboxylic acids is 1. The van der Waals surface area contributed by atoms with Gasteiger partial charge < -0.3 is 30.8 Å². The molecule has 33 heavy (non-hydrogen) atoms. The number of H-pyrrole nitrogens is 1. The Kier molecular flexibility index (Phi) is 6.90. The smallest absolute Gasteiger partial charge is 0.271 e. The predicted molar refractivity (Wildman–Crippen MR) is 124 cm³/mol. The summed E-state index contributed by atoms with van der Waals surface area (Å²) in [5.74, 6) is 0.636. The maximum Gasteiger partial charge on any atom is 0.271 e. The highest BCUT2D eigenvalue weighted by Crippen LogP contribution is 2.23. The number of hydrogen-bond acceptors (Lipinski definition) is 8. The average molecular weight is 456 g/mol. The molecule has 5 N–H and O–H groups in total. The number of nitrogens with zero attached hydrogens (tertiary/aromatic N) is 3. The molecule has 0 radical (unpaired) electrons. The van der Waals surface area contributed by atoms with E-state index >= 15 is 0 Å². The van der Waals surface area contributed by atoms with Gasteiger partial charge in [0.05, 0.1) is 24.4 Å². The SMILES string of the molecule is CNc1cc(Nc2ccc[nH]c2=O)nc2c(C(=O)N[C@H]3CC[C@H]3O)cnn12.COC1CCC1. The largest absolute Gasteiger partial charge is 0.391 e. The molecule has 11 nitrogen and oxygen atoms in total. The van der Waals surface area contributed by atoms with Crippen LogP contribution in [-0.2, 0) is 4.74 Å². The number of hydrogen-bond donors (Lipinski definition) is 5. The number of methoxy groups -OCH3 is 1. The quantitative estimate of drug-likeness (QED) is 0.377. The number of carbonyl (C=O) groups is 1. The summed E-state index contributed by atoms with van der Waals surface area (Å²) in [6.07, 6.45) is 8.45.